The van der Waals surface area contributed by atoms with Crippen molar-refractivity contribution < 1.29 is 4.79 Å². The first-order valence-corrected chi connectivity index (χ1v) is 7.96. The van der Waals surface area contributed by atoms with Crippen LogP contribution in [0, 0.1) is 11.3 Å². The number of hydrogen-bond acceptors (Lipinski definition) is 4. The average molecular weight is 338 g/mol. The number of halogens is 1. The molecule has 0 saturated carbocycles. The van der Waals surface area contributed by atoms with Crippen molar-refractivity contribution in [1.29, 1.82) is 5.26 Å². The summed E-state index contributed by atoms with van der Waals surface area (Å²) in [4.78, 5) is 12.7. The minimum Gasteiger partial charge on any atom is -0.317 e. The third-order valence-electron chi connectivity index (χ3n) is 4.09. The first-order chi connectivity index (χ1) is 11.6. The lowest BCUT2D eigenvalue weighted by molar-refractivity contribution is -0.116. The van der Waals surface area contributed by atoms with E-state index >= 15 is 0 Å². The summed E-state index contributed by atoms with van der Waals surface area (Å²) in [6.07, 6.45) is 0.227. The molecule has 3 rings (SSSR count). The molecule has 0 aliphatic carbocycles. The van der Waals surface area contributed by atoms with Crippen molar-refractivity contribution in [1.82, 2.24) is 10.4 Å². The number of rotatable bonds is 2. The van der Waals surface area contributed by atoms with Crippen LogP contribution < -0.4 is 5.43 Å². The van der Waals surface area contributed by atoms with Crippen molar-refractivity contribution in [3.05, 3.63) is 76.3 Å². The van der Waals surface area contributed by atoms with Gasteiger partial charge < -0.3 is 5.43 Å². The first kappa shape index (κ1) is 16.3. The average Bonchev–Trinajstić information content (AvgIpc) is 2.73. The maximum absolute atomic E-state index is 12.7. The van der Waals surface area contributed by atoms with E-state index in [0.717, 1.165) is 11.1 Å². The monoisotopic (exact) mass is 337 g/mol. The van der Waals surface area contributed by atoms with Gasteiger partial charge in [0.2, 0.25) is 0 Å². The van der Waals surface area contributed by atoms with E-state index in [4.69, 9.17) is 11.6 Å². The number of carbonyl (C=O) groups is 1. The fourth-order valence-corrected chi connectivity index (χ4v) is 2.95. The minimum atomic E-state index is -0.181. The highest BCUT2D eigenvalue weighted by atomic mass is 35.5. The highest BCUT2D eigenvalue weighted by Crippen LogP contribution is 2.30. The zero-order valence-corrected chi connectivity index (χ0v) is 13.9. The third-order valence-corrected chi connectivity index (χ3v) is 4.34. The summed E-state index contributed by atoms with van der Waals surface area (Å²) in [5.74, 6) is -0.173. The number of allylic oxidation sites excluding steroid dienone is 1. The molecule has 1 aliphatic heterocycles. The van der Waals surface area contributed by atoms with Crippen LogP contribution in [0.4, 0.5) is 0 Å². The molecule has 0 spiro atoms. The van der Waals surface area contributed by atoms with Gasteiger partial charge in [0.1, 0.15) is 11.6 Å². The molecule has 1 unspecified atom stereocenters. The molecule has 0 amide bonds. The topological polar surface area (TPSA) is 56.1 Å². The van der Waals surface area contributed by atoms with Crippen LogP contribution in [-0.2, 0) is 4.79 Å². The van der Waals surface area contributed by atoms with E-state index in [1.807, 2.05) is 54.5 Å². The molecule has 1 heterocycles. The van der Waals surface area contributed by atoms with Gasteiger partial charge in [-0.15, -0.1) is 0 Å². The minimum absolute atomic E-state index is 0.157. The molecule has 4 nitrogen and oxygen atoms in total. The summed E-state index contributed by atoms with van der Waals surface area (Å²) in [5.41, 5.74) is 5.71. The van der Waals surface area contributed by atoms with Crippen LogP contribution in [0.5, 0.6) is 0 Å². The molecular weight excluding hydrogens is 322 g/mol. The molecule has 1 N–H and O–H groups in total. The van der Waals surface area contributed by atoms with Gasteiger partial charge in [0, 0.05) is 24.1 Å². The maximum atomic E-state index is 12.7. The molecule has 1 aliphatic rings. The third kappa shape index (κ3) is 3.18. The van der Waals surface area contributed by atoms with E-state index in [-0.39, 0.29) is 23.8 Å². The lowest BCUT2D eigenvalue weighted by Crippen LogP contribution is -2.35. The van der Waals surface area contributed by atoms with Gasteiger partial charge in [-0.25, -0.2) is 5.01 Å². The number of benzene rings is 2. The van der Waals surface area contributed by atoms with Gasteiger partial charge in [-0.1, -0.05) is 54.1 Å². The van der Waals surface area contributed by atoms with Crippen molar-refractivity contribution in [3.63, 3.8) is 0 Å². The number of nitrogens with one attached hydrogen (secondary N) is 1. The standard InChI is InChI=1S/C19H16ClN3O/c1-23-17(13-7-9-15(20)10-8-13)11-18(24)16(12-21)19(22-23)14-5-3-2-4-6-14/h2-10,17,22H,11H2,1H3. The largest absolute Gasteiger partial charge is 0.317 e. The Bertz CT molecular complexity index is 822. The second kappa shape index (κ2) is 6.88. The van der Waals surface area contributed by atoms with E-state index in [9.17, 15) is 10.1 Å². The van der Waals surface area contributed by atoms with Gasteiger partial charge in [0.25, 0.3) is 0 Å². The molecular formula is C19H16ClN3O. The second-order valence-corrected chi connectivity index (χ2v) is 6.08. The number of carbonyl (C=O) groups excluding carboxylic acids is 1. The van der Waals surface area contributed by atoms with Crippen LogP contribution in [-0.4, -0.2) is 17.8 Å². The zero-order chi connectivity index (χ0) is 17.1. The van der Waals surface area contributed by atoms with E-state index in [1.54, 1.807) is 12.1 Å². The normalized spacial score (nSPS) is 18.7. The Hall–Kier alpha value is -2.61. The lowest BCUT2D eigenvalue weighted by atomic mass is 9.97. The number of hydrazine groups is 1. The molecule has 2 aromatic rings. The molecule has 5 heteroatoms. The van der Waals surface area contributed by atoms with E-state index < -0.39 is 0 Å². The highest BCUT2D eigenvalue weighted by molar-refractivity contribution is 6.30. The molecule has 24 heavy (non-hydrogen) atoms. The van der Waals surface area contributed by atoms with Crippen LogP contribution in [0.25, 0.3) is 5.70 Å². The van der Waals surface area contributed by atoms with Crippen molar-refractivity contribution in [2.45, 2.75) is 12.5 Å². The van der Waals surface area contributed by atoms with Crippen LogP contribution >= 0.6 is 11.6 Å². The van der Waals surface area contributed by atoms with E-state index in [1.165, 1.54) is 0 Å². The Morgan fingerprint density at radius 2 is 1.83 bits per heavy atom. The number of nitriles is 1. The Morgan fingerprint density at radius 3 is 2.46 bits per heavy atom. The van der Waals surface area contributed by atoms with Gasteiger partial charge >= 0.3 is 0 Å². The summed E-state index contributed by atoms with van der Waals surface area (Å²) in [5, 5.41) is 12.0. The maximum Gasteiger partial charge on any atom is 0.177 e. The summed E-state index contributed by atoms with van der Waals surface area (Å²) in [6, 6.07) is 18.7. The molecule has 120 valence electrons. The van der Waals surface area contributed by atoms with Gasteiger partial charge in [-0.2, -0.15) is 5.26 Å². The van der Waals surface area contributed by atoms with Crippen LogP contribution in [0.15, 0.2) is 60.2 Å². The van der Waals surface area contributed by atoms with Crippen molar-refractivity contribution in [2.24, 2.45) is 0 Å². The Labute approximate surface area is 145 Å². The zero-order valence-electron chi connectivity index (χ0n) is 13.2. The first-order valence-electron chi connectivity index (χ1n) is 7.58. The highest BCUT2D eigenvalue weighted by Gasteiger charge is 2.29. The number of hydrogen-bond donors (Lipinski definition) is 1. The molecule has 0 bridgehead atoms. The molecule has 2 aromatic carbocycles. The summed E-state index contributed by atoms with van der Waals surface area (Å²) < 4.78 is 0. The predicted octanol–water partition coefficient (Wildman–Crippen LogP) is 3.73. The van der Waals surface area contributed by atoms with Gasteiger partial charge in [0.05, 0.1) is 11.7 Å². The molecule has 0 fully saturated rings. The van der Waals surface area contributed by atoms with Crippen molar-refractivity contribution in [3.8, 4) is 6.07 Å². The second-order valence-electron chi connectivity index (χ2n) is 5.65. The SMILES string of the molecule is CN1NC(c2ccccc2)=C(C#N)C(=O)CC1c1ccc(Cl)cc1. The fraction of sp³-hybridized carbons (Fsp3) is 0.158. The van der Waals surface area contributed by atoms with Crippen LogP contribution in [0.3, 0.4) is 0 Å². The van der Waals surface area contributed by atoms with E-state index in [0.29, 0.717) is 10.7 Å². The summed E-state index contributed by atoms with van der Waals surface area (Å²) in [7, 11) is 1.87. The lowest BCUT2D eigenvalue weighted by Gasteiger charge is -2.28. The predicted molar refractivity (Wildman–Crippen MR) is 93.7 cm³/mol. The molecule has 0 saturated heterocycles. The van der Waals surface area contributed by atoms with Gasteiger partial charge in [-0.05, 0) is 17.7 Å². The van der Waals surface area contributed by atoms with Crippen LogP contribution in [0.1, 0.15) is 23.6 Å². The van der Waals surface area contributed by atoms with Crippen molar-refractivity contribution >= 4 is 23.1 Å². The van der Waals surface area contributed by atoms with Gasteiger partial charge in [-0.3, -0.25) is 4.79 Å². The smallest absolute Gasteiger partial charge is 0.177 e. The van der Waals surface area contributed by atoms with Crippen LogP contribution in [0.2, 0.25) is 5.02 Å². The molecule has 0 radical (unpaired) electrons. The fourth-order valence-electron chi connectivity index (χ4n) is 2.82. The molecule has 0 aromatic heterocycles. The van der Waals surface area contributed by atoms with Crippen molar-refractivity contribution in [2.75, 3.05) is 7.05 Å². The summed E-state index contributed by atoms with van der Waals surface area (Å²) >= 11 is 5.95. The number of Topliss-reactive ketones (excluding diaryl/α,β-unsaturated/α-hetero) is 1. The molecule has 1 atom stereocenters. The number of ketones is 1. The van der Waals surface area contributed by atoms with E-state index in [2.05, 4.69) is 11.5 Å². The van der Waals surface area contributed by atoms with Gasteiger partial charge in [0.15, 0.2) is 5.78 Å². The Balaban J connectivity index is 2.00. The Kier molecular flexibility index (Phi) is 4.66. The summed E-state index contributed by atoms with van der Waals surface area (Å²) in [6.45, 7) is 0. The quantitative estimate of drug-likeness (QED) is 0.907. The number of nitrogens with zero attached hydrogens (tertiary/aromatic N) is 2. The Morgan fingerprint density at radius 1 is 1.17 bits per heavy atom.